The fraction of sp³-hybridized carbons (Fsp3) is 0. The first-order valence-corrected chi connectivity index (χ1v) is 6.22. The van der Waals surface area contributed by atoms with Gasteiger partial charge in [0.2, 0.25) is 0 Å². The lowest BCUT2D eigenvalue weighted by atomic mass is 10.2. The minimum absolute atomic E-state index is 0.273. The highest BCUT2D eigenvalue weighted by atomic mass is 79.9. The normalized spacial score (nSPS) is 10.1. The Morgan fingerprint density at radius 1 is 1.33 bits per heavy atom. The molecule has 0 fully saturated rings. The van der Waals surface area contributed by atoms with E-state index in [-0.39, 0.29) is 5.91 Å². The summed E-state index contributed by atoms with van der Waals surface area (Å²) in [5.74, 6) is 0.0981. The van der Waals surface area contributed by atoms with Gasteiger partial charge < -0.3 is 11.1 Å². The van der Waals surface area contributed by atoms with Crippen LogP contribution in [0.15, 0.2) is 41.0 Å². The molecule has 0 radical (unpaired) electrons. The number of nitrogens with zero attached hydrogens (tertiary/aromatic N) is 1. The molecule has 0 bridgehead atoms. The topological polar surface area (TPSA) is 68.0 Å². The van der Waals surface area contributed by atoms with Crippen LogP contribution in [0.5, 0.6) is 0 Å². The average molecular weight is 327 g/mol. The van der Waals surface area contributed by atoms with E-state index in [2.05, 4.69) is 26.2 Å². The van der Waals surface area contributed by atoms with Gasteiger partial charge in [0.15, 0.2) is 0 Å². The zero-order valence-corrected chi connectivity index (χ0v) is 11.5. The number of rotatable bonds is 2. The summed E-state index contributed by atoms with van der Waals surface area (Å²) in [5.41, 5.74) is 6.48. The molecule has 4 nitrogen and oxygen atoms in total. The van der Waals surface area contributed by atoms with E-state index in [1.165, 1.54) is 6.20 Å². The number of hydrogen-bond acceptors (Lipinski definition) is 3. The number of carbonyl (C=O) groups excluding carboxylic acids is 1. The second-order valence-corrected chi connectivity index (χ2v) is 4.73. The summed E-state index contributed by atoms with van der Waals surface area (Å²) in [5, 5.41) is 3.27. The summed E-state index contributed by atoms with van der Waals surface area (Å²) in [7, 11) is 0. The van der Waals surface area contributed by atoms with E-state index in [4.69, 9.17) is 17.3 Å². The van der Waals surface area contributed by atoms with Crippen LogP contribution in [-0.4, -0.2) is 10.9 Å². The Hall–Kier alpha value is -1.59. The van der Waals surface area contributed by atoms with E-state index in [0.717, 1.165) is 0 Å². The summed E-state index contributed by atoms with van der Waals surface area (Å²) in [6, 6.07) is 8.41. The van der Waals surface area contributed by atoms with Crippen molar-refractivity contribution in [3.8, 4) is 0 Å². The number of benzene rings is 1. The summed E-state index contributed by atoms with van der Waals surface area (Å²) < 4.78 is 0.642. The minimum Gasteiger partial charge on any atom is -0.384 e. The van der Waals surface area contributed by atoms with Crippen LogP contribution in [-0.2, 0) is 0 Å². The van der Waals surface area contributed by atoms with Gasteiger partial charge in [-0.15, -0.1) is 0 Å². The molecule has 2 rings (SSSR count). The number of aromatic nitrogens is 1. The molecule has 92 valence electrons. The first kappa shape index (κ1) is 12.9. The third-order valence-corrected chi connectivity index (χ3v) is 3.65. The van der Waals surface area contributed by atoms with Crippen LogP contribution >= 0.6 is 27.5 Å². The van der Waals surface area contributed by atoms with Gasteiger partial charge in [0.05, 0.1) is 20.7 Å². The van der Waals surface area contributed by atoms with E-state index >= 15 is 0 Å². The largest absolute Gasteiger partial charge is 0.384 e. The van der Waals surface area contributed by atoms with Gasteiger partial charge in [-0.3, -0.25) is 4.79 Å². The van der Waals surface area contributed by atoms with Gasteiger partial charge in [-0.05, 0) is 40.2 Å². The molecule has 0 aliphatic carbocycles. The van der Waals surface area contributed by atoms with Gasteiger partial charge in [0, 0.05) is 6.20 Å². The molecule has 0 saturated heterocycles. The number of nitrogens with one attached hydrogen (secondary N) is 1. The maximum Gasteiger partial charge on any atom is 0.257 e. The predicted molar refractivity (Wildman–Crippen MR) is 75.8 cm³/mol. The molecule has 0 atom stereocenters. The number of pyridine rings is 1. The Bertz CT molecular complexity index is 586. The van der Waals surface area contributed by atoms with Crippen LogP contribution in [0.3, 0.4) is 0 Å². The molecule has 1 aromatic heterocycles. The monoisotopic (exact) mass is 325 g/mol. The van der Waals surface area contributed by atoms with E-state index < -0.39 is 0 Å². The van der Waals surface area contributed by atoms with E-state index in [9.17, 15) is 4.79 Å². The molecule has 1 heterocycles. The van der Waals surface area contributed by atoms with Crippen molar-refractivity contribution in [1.82, 2.24) is 4.98 Å². The van der Waals surface area contributed by atoms with Crippen LogP contribution in [0.1, 0.15) is 10.4 Å². The molecule has 6 heteroatoms. The van der Waals surface area contributed by atoms with Crippen LogP contribution in [0.2, 0.25) is 5.02 Å². The molecule has 3 N–H and O–H groups in total. The van der Waals surface area contributed by atoms with Crippen molar-refractivity contribution in [3.05, 3.63) is 51.6 Å². The van der Waals surface area contributed by atoms with Gasteiger partial charge in [-0.1, -0.05) is 17.7 Å². The minimum atomic E-state index is -0.273. The molecule has 0 unspecified atom stereocenters. The third-order valence-electron chi connectivity index (χ3n) is 2.25. The highest BCUT2D eigenvalue weighted by molar-refractivity contribution is 9.10. The second-order valence-electron chi connectivity index (χ2n) is 3.53. The molecule has 18 heavy (non-hydrogen) atoms. The molecule has 2 aromatic rings. The van der Waals surface area contributed by atoms with E-state index in [1.54, 1.807) is 30.3 Å². The summed E-state index contributed by atoms with van der Waals surface area (Å²) in [6.07, 6.45) is 1.42. The quantitative estimate of drug-likeness (QED) is 0.889. The Balaban J connectivity index is 2.21. The number of nitrogen functional groups attached to an aromatic ring is 1. The van der Waals surface area contributed by atoms with Crippen molar-refractivity contribution in [2.75, 3.05) is 11.1 Å². The van der Waals surface area contributed by atoms with E-state index in [1.807, 2.05) is 0 Å². The Morgan fingerprint density at radius 3 is 2.78 bits per heavy atom. The van der Waals surface area contributed by atoms with Crippen LogP contribution in [0, 0.1) is 0 Å². The van der Waals surface area contributed by atoms with Crippen molar-refractivity contribution in [3.63, 3.8) is 0 Å². The number of anilines is 2. The summed E-state index contributed by atoms with van der Waals surface area (Å²) in [6.45, 7) is 0. The second kappa shape index (κ2) is 5.37. The zero-order valence-electron chi connectivity index (χ0n) is 9.15. The molecular weight excluding hydrogens is 318 g/mol. The fourth-order valence-electron chi connectivity index (χ4n) is 1.33. The number of amides is 1. The van der Waals surface area contributed by atoms with Crippen LogP contribution in [0.25, 0.3) is 0 Å². The maximum atomic E-state index is 11.9. The van der Waals surface area contributed by atoms with Gasteiger partial charge in [0.1, 0.15) is 5.82 Å². The number of halogens is 2. The lowest BCUT2D eigenvalue weighted by Crippen LogP contribution is -2.12. The van der Waals surface area contributed by atoms with Crippen molar-refractivity contribution in [2.24, 2.45) is 0 Å². The first-order chi connectivity index (χ1) is 8.58. The smallest absolute Gasteiger partial charge is 0.257 e. The zero-order chi connectivity index (χ0) is 13.1. The summed E-state index contributed by atoms with van der Waals surface area (Å²) in [4.78, 5) is 15.8. The van der Waals surface area contributed by atoms with Crippen LogP contribution in [0.4, 0.5) is 11.5 Å². The number of nitrogens with two attached hydrogens (primary N) is 1. The SMILES string of the molecule is Nc1ccc(C(=O)Nc2cccc(Cl)c2Br)cn1. The summed E-state index contributed by atoms with van der Waals surface area (Å²) >= 11 is 9.25. The molecule has 0 aliphatic rings. The molecule has 1 aromatic carbocycles. The Labute approximate surface area is 117 Å². The lowest BCUT2D eigenvalue weighted by molar-refractivity contribution is 0.102. The van der Waals surface area contributed by atoms with Gasteiger partial charge in [0.25, 0.3) is 5.91 Å². The lowest BCUT2D eigenvalue weighted by Gasteiger charge is -2.08. The fourth-order valence-corrected chi connectivity index (χ4v) is 1.87. The molecular formula is C12H9BrClN3O. The van der Waals surface area contributed by atoms with Crippen molar-refractivity contribution < 1.29 is 4.79 Å². The Kier molecular flexibility index (Phi) is 3.84. The number of hydrogen-bond donors (Lipinski definition) is 2. The highest BCUT2D eigenvalue weighted by Crippen LogP contribution is 2.30. The third kappa shape index (κ3) is 2.80. The first-order valence-electron chi connectivity index (χ1n) is 5.05. The van der Waals surface area contributed by atoms with Crippen LogP contribution < -0.4 is 11.1 Å². The van der Waals surface area contributed by atoms with E-state index in [0.29, 0.717) is 26.6 Å². The van der Waals surface area contributed by atoms with Gasteiger partial charge >= 0.3 is 0 Å². The van der Waals surface area contributed by atoms with Crippen molar-refractivity contribution in [2.45, 2.75) is 0 Å². The molecule has 0 saturated carbocycles. The molecule has 0 aliphatic heterocycles. The molecule has 1 amide bonds. The van der Waals surface area contributed by atoms with Gasteiger partial charge in [-0.25, -0.2) is 4.98 Å². The predicted octanol–water partition coefficient (Wildman–Crippen LogP) is 3.33. The Morgan fingerprint density at radius 2 is 2.11 bits per heavy atom. The van der Waals surface area contributed by atoms with Gasteiger partial charge in [-0.2, -0.15) is 0 Å². The highest BCUT2D eigenvalue weighted by Gasteiger charge is 2.10. The van der Waals surface area contributed by atoms with Crippen molar-refractivity contribution in [1.29, 1.82) is 0 Å². The molecule has 0 spiro atoms. The standard InChI is InChI=1S/C12H9BrClN3O/c13-11-8(14)2-1-3-9(11)17-12(18)7-4-5-10(15)16-6-7/h1-6H,(H2,15,16)(H,17,18). The van der Waals surface area contributed by atoms with Crippen molar-refractivity contribution >= 4 is 44.9 Å². The maximum absolute atomic E-state index is 11.9. The number of carbonyl (C=O) groups is 1. The average Bonchev–Trinajstić information content (AvgIpc) is 2.36.